The van der Waals surface area contributed by atoms with Gasteiger partial charge in [0.1, 0.15) is 0 Å². The van der Waals surface area contributed by atoms with Crippen LogP contribution in [-0.4, -0.2) is 11.5 Å². The van der Waals surface area contributed by atoms with E-state index in [4.69, 9.17) is 0 Å². The lowest BCUT2D eigenvalue weighted by atomic mass is 9.85. The van der Waals surface area contributed by atoms with E-state index in [1.54, 1.807) is 0 Å². The first kappa shape index (κ1) is 13.7. The summed E-state index contributed by atoms with van der Waals surface area (Å²) in [5.74, 6) is 1.39. The Labute approximate surface area is 134 Å². The number of nitrogens with zero attached hydrogens (tertiary/aromatic N) is 1. The number of hydrogen-bond donors (Lipinski definition) is 1. The third kappa shape index (κ3) is 2.08. The van der Waals surface area contributed by atoms with Crippen molar-refractivity contribution in [3.05, 3.63) is 57.3 Å². The van der Waals surface area contributed by atoms with Crippen LogP contribution in [0.3, 0.4) is 0 Å². The lowest BCUT2D eigenvalue weighted by Gasteiger charge is -2.33. The fraction of sp³-hybridized carbons (Fsp3) is 0.333. The number of allylic oxidation sites excluding steroid dienone is 4. The first-order valence-corrected chi connectivity index (χ1v) is 8.65. The molecular formula is C18H16N2OS. The van der Waals surface area contributed by atoms with E-state index in [9.17, 15) is 10.1 Å². The topological polar surface area (TPSA) is 52.9 Å². The molecule has 0 saturated heterocycles. The molecule has 2 aliphatic heterocycles. The molecule has 22 heavy (non-hydrogen) atoms. The van der Waals surface area contributed by atoms with Crippen LogP contribution in [0.15, 0.2) is 46.1 Å². The van der Waals surface area contributed by atoms with Gasteiger partial charge >= 0.3 is 0 Å². The van der Waals surface area contributed by atoms with Gasteiger partial charge in [-0.3, -0.25) is 4.79 Å². The number of nitriles is 1. The van der Waals surface area contributed by atoms with Crippen LogP contribution in [0.4, 0.5) is 0 Å². The molecule has 3 nitrogen and oxygen atoms in total. The zero-order chi connectivity index (χ0) is 15.1. The Bertz CT molecular complexity index is 770. The van der Waals surface area contributed by atoms with Gasteiger partial charge in [0.2, 0.25) is 0 Å². The number of Topliss-reactive ketones (excluding diaryl/α,β-unsaturated/α-hetero) is 1. The highest BCUT2D eigenvalue weighted by Gasteiger charge is 2.38. The molecule has 4 rings (SSSR count). The van der Waals surface area contributed by atoms with E-state index in [-0.39, 0.29) is 11.7 Å². The van der Waals surface area contributed by atoms with Crippen molar-refractivity contribution < 1.29 is 4.79 Å². The van der Waals surface area contributed by atoms with Crippen molar-refractivity contribution in [3.8, 4) is 6.07 Å². The predicted octanol–water partition coefficient (Wildman–Crippen LogP) is 3.60. The first-order valence-electron chi connectivity index (χ1n) is 7.67. The van der Waals surface area contributed by atoms with Gasteiger partial charge in [0, 0.05) is 34.2 Å². The maximum absolute atomic E-state index is 12.4. The summed E-state index contributed by atoms with van der Waals surface area (Å²) in [5.41, 5.74) is 5.07. The second kappa shape index (κ2) is 5.33. The number of thioether (sulfide) groups is 1. The lowest BCUT2D eigenvalue weighted by Crippen LogP contribution is -2.27. The molecule has 1 atom stereocenters. The van der Waals surface area contributed by atoms with Gasteiger partial charge in [0.25, 0.3) is 0 Å². The molecular weight excluding hydrogens is 292 g/mol. The quantitative estimate of drug-likeness (QED) is 0.861. The van der Waals surface area contributed by atoms with Crippen LogP contribution in [0, 0.1) is 11.3 Å². The molecule has 1 aromatic rings. The Morgan fingerprint density at radius 3 is 3.00 bits per heavy atom. The maximum atomic E-state index is 12.4. The van der Waals surface area contributed by atoms with Crippen molar-refractivity contribution >= 4 is 17.5 Å². The second-order valence-electron chi connectivity index (χ2n) is 5.91. The number of benzene rings is 1. The summed E-state index contributed by atoms with van der Waals surface area (Å²) in [6.45, 7) is 0. The molecule has 110 valence electrons. The number of ketones is 1. The number of rotatable bonds is 1. The van der Waals surface area contributed by atoms with E-state index in [1.165, 1.54) is 17.0 Å². The molecule has 0 bridgehead atoms. The fourth-order valence-electron chi connectivity index (χ4n) is 3.58. The van der Waals surface area contributed by atoms with Gasteiger partial charge in [-0.05, 0) is 42.7 Å². The van der Waals surface area contributed by atoms with Gasteiger partial charge in [-0.1, -0.05) is 12.1 Å². The van der Waals surface area contributed by atoms with Crippen LogP contribution in [0.1, 0.15) is 42.7 Å². The maximum Gasteiger partial charge on any atom is 0.161 e. The molecule has 1 unspecified atom stereocenters. The molecule has 0 saturated carbocycles. The van der Waals surface area contributed by atoms with Crippen LogP contribution in [0.5, 0.6) is 0 Å². The monoisotopic (exact) mass is 308 g/mol. The van der Waals surface area contributed by atoms with E-state index < -0.39 is 0 Å². The number of hydrogen-bond acceptors (Lipinski definition) is 4. The van der Waals surface area contributed by atoms with Crippen LogP contribution >= 0.6 is 11.8 Å². The molecule has 1 N–H and O–H groups in total. The van der Waals surface area contributed by atoms with Crippen molar-refractivity contribution in [2.24, 2.45) is 0 Å². The summed E-state index contributed by atoms with van der Waals surface area (Å²) >= 11 is 1.86. The van der Waals surface area contributed by atoms with Crippen LogP contribution in [-0.2, 0) is 4.79 Å². The Kier molecular flexibility index (Phi) is 3.31. The minimum Gasteiger partial charge on any atom is -0.361 e. The molecule has 2 heterocycles. The highest BCUT2D eigenvalue weighted by atomic mass is 32.2. The molecule has 0 spiro atoms. The van der Waals surface area contributed by atoms with Crippen molar-refractivity contribution in [3.63, 3.8) is 0 Å². The van der Waals surface area contributed by atoms with E-state index >= 15 is 0 Å². The Morgan fingerprint density at radius 1 is 1.23 bits per heavy atom. The predicted molar refractivity (Wildman–Crippen MR) is 87.0 cm³/mol. The number of dihydropyridines is 1. The summed E-state index contributed by atoms with van der Waals surface area (Å²) in [5, 5.41) is 12.7. The standard InChI is InChI=1S/C18H16N2OS/c19-10-11-3-1-4-12(9-11)16-17-13(6-7-15(17)21)20-14-5-2-8-22-18(14)16/h1,3-4,9,16,20H,2,5-8H2. The Hall–Kier alpha value is -1.99. The fourth-order valence-corrected chi connectivity index (χ4v) is 4.84. The average Bonchev–Trinajstić information content (AvgIpc) is 2.93. The average molecular weight is 308 g/mol. The largest absolute Gasteiger partial charge is 0.361 e. The zero-order valence-electron chi connectivity index (χ0n) is 12.2. The lowest BCUT2D eigenvalue weighted by molar-refractivity contribution is -0.115. The molecule has 0 radical (unpaired) electrons. The molecule has 4 heteroatoms. The minimum absolute atomic E-state index is 0.0276. The molecule has 1 aliphatic carbocycles. The van der Waals surface area contributed by atoms with Crippen molar-refractivity contribution in [1.29, 1.82) is 5.26 Å². The van der Waals surface area contributed by atoms with Gasteiger partial charge in [-0.25, -0.2) is 0 Å². The van der Waals surface area contributed by atoms with Gasteiger partial charge in [-0.2, -0.15) is 5.26 Å². The molecule has 0 aromatic heterocycles. The number of carbonyl (C=O) groups excluding carboxylic acids is 1. The summed E-state index contributed by atoms with van der Waals surface area (Å²) in [4.78, 5) is 13.7. The summed E-state index contributed by atoms with van der Waals surface area (Å²) in [7, 11) is 0. The van der Waals surface area contributed by atoms with E-state index in [1.807, 2.05) is 36.0 Å². The van der Waals surface area contributed by atoms with Crippen LogP contribution in [0.25, 0.3) is 0 Å². The minimum atomic E-state index is 0.0276. The first-order chi connectivity index (χ1) is 10.8. The van der Waals surface area contributed by atoms with Crippen molar-refractivity contribution in [2.75, 3.05) is 5.75 Å². The second-order valence-corrected chi connectivity index (χ2v) is 7.04. The molecule has 1 aromatic carbocycles. The van der Waals surface area contributed by atoms with Crippen molar-refractivity contribution in [2.45, 2.75) is 31.6 Å². The highest BCUT2D eigenvalue weighted by Crippen LogP contribution is 2.49. The van der Waals surface area contributed by atoms with E-state index in [2.05, 4.69) is 11.4 Å². The molecule has 0 amide bonds. The SMILES string of the molecule is N#Cc1cccc(C2C3=C(CCCS3)NC3=C2C(=O)CC3)c1. The third-order valence-corrected chi connectivity index (χ3v) is 5.84. The van der Waals surface area contributed by atoms with Gasteiger partial charge < -0.3 is 5.32 Å². The van der Waals surface area contributed by atoms with Gasteiger partial charge in [0.15, 0.2) is 5.78 Å². The van der Waals surface area contributed by atoms with E-state index in [0.717, 1.165) is 35.4 Å². The van der Waals surface area contributed by atoms with Gasteiger partial charge in [0.05, 0.1) is 11.6 Å². The van der Waals surface area contributed by atoms with Gasteiger partial charge in [-0.15, -0.1) is 11.8 Å². The van der Waals surface area contributed by atoms with Crippen LogP contribution in [0.2, 0.25) is 0 Å². The number of carbonyl (C=O) groups is 1. The smallest absolute Gasteiger partial charge is 0.161 e. The summed E-state index contributed by atoms with van der Waals surface area (Å²) in [6.07, 6.45) is 3.67. The van der Waals surface area contributed by atoms with Crippen molar-refractivity contribution in [1.82, 2.24) is 5.32 Å². The highest BCUT2D eigenvalue weighted by molar-refractivity contribution is 8.03. The third-order valence-electron chi connectivity index (χ3n) is 4.56. The van der Waals surface area contributed by atoms with Crippen LogP contribution < -0.4 is 5.32 Å². The summed E-state index contributed by atoms with van der Waals surface area (Å²) < 4.78 is 0. The zero-order valence-corrected chi connectivity index (χ0v) is 13.0. The Balaban J connectivity index is 1.87. The molecule has 3 aliphatic rings. The molecule has 0 fully saturated rings. The van der Waals surface area contributed by atoms with E-state index in [0.29, 0.717) is 12.0 Å². The Morgan fingerprint density at radius 2 is 2.14 bits per heavy atom. The summed E-state index contributed by atoms with van der Waals surface area (Å²) in [6, 6.07) is 9.93. The number of nitrogens with one attached hydrogen (secondary N) is 1. The normalized spacial score (nSPS) is 23.8.